The summed E-state index contributed by atoms with van der Waals surface area (Å²) in [5, 5.41) is 2.82. The highest BCUT2D eigenvalue weighted by Gasteiger charge is 2.61. The maximum atomic E-state index is 13.0. The van der Waals surface area contributed by atoms with E-state index >= 15 is 0 Å². The van der Waals surface area contributed by atoms with Crippen molar-refractivity contribution in [2.75, 3.05) is 24.4 Å². The molecule has 1 aliphatic heterocycles. The Kier molecular flexibility index (Phi) is 4.68. The van der Waals surface area contributed by atoms with Crippen LogP contribution in [0.1, 0.15) is 29.6 Å². The summed E-state index contributed by atoms with van der Waals surface area (Å²) in [5.74, 6) is 1.01. The fourth-order valence-corrected chi connectivity index (χ4v) is 5.52. The van der Waals surface area contributed by atoms with Gasteiger partial charge in [-0.15, -0.1) is 0 Å². The zero-order chi connectivity index (χ0) is 21.7. The molecule has 3 aliphatic rings. The summed E-state index contributed by atoms with van der Waals surface area (Å²) in [7, 11) is 3.08. The molecule has 0 radical (unpaired) electrons. The van der Waals surface area contributed by atoms with Gasteiger partial charge in [-0.3, -0.25) is 19.3 Å². The van der Waals surface area contributed by atoms with Crippen molar-refractivity contribution in [3.05, 3.63) is 48.0 Å². The lowest BCUT2D eigenvalue weighted by Crippen LogP contribution is -2.32. The first kappa shape index (κ1) is 19.6. The minimum absolute atomic E-state index is 0.0811. The molecule has 5 rings (SSSR count). The van der Waals surface area contributed by atoms with Gasteiger partial charge in [0.25, 0.3) is 5.91 Å². The van der Waals surface area contributed by atoms with Crippen LogP contribution < -0.4 is 19.7 Å². The Bertz CT molecular complexity index is 1040. The number of anilines is 2. The Morgan fingerprint density at radius 3 is 2.16 bits per heavy atom. The first-order valence-corrected chi connectivity index (χ1v) is 10.5. The number of hydrogen-bond acceptors (Lipinski definition) is 5. The molecule has 2 aromatic rings. The third-order valence-electron chi connectivity index (χ3n) is 6.97. The van der Waals surface area contributed by atoms with Crippen LogP contribution in [-0.4, -0.2) is 31.9 Å². The molecule has 1 heterocycles. The molecule has 2 saturated carbocycles. The molecule has 4 atom stereocenters. The molecule has 7 nitrogen and oxygen atoms in total. The van der Waals surface area contributed by atoms with Gasteiger partial charge >= 0.3 is 0 Å². The Balaban J connectivity index is 1.33. The predicted octanol–water partition coefficient (Wildman–Crippen LogP) is 3.49. The molecule has 7 heteroatoms. The summed E-state index contributed by atoms with van der Waals surface area (Å²) in [6.07, 6.45) is 3.10. The number of benzene rings is 2. The number of methoxy groups -OCH3 is 2. The van der Waals surface area contributed by atoms with Gasteiger partial charge in [-0.05, 0) is 67.5 Å². The van der Waals surface area contributed by atoms with Crippen molar-refractivity contribution >= 4 is 29.1 Å². The van der Waals surface area contributed by atoms with Crippen LogP contribution in [-0.2, 0) is 9.59 Å². The number of hydrogen-bond donors (Lipinski definition) is 1. The van der Waals surface area contributed by atoms with E-state index in [-0.39, 0.29) is 29.6 Å². The smallest absolute Gasteiger partial charge is 0.255 e. The fourth-order valence-electron chi connectivity index (χ4n) is 5.52. The normalized spacial score (nSPS) is 26.2. The second-order valence-electron chi connectivity index (χ2n) is 8.46. The van der Waals surface area contributed by atoms with E-state index in [1.807, 2.05) is 0 Å². The summed E-state index contributed by atoms with van der Waals surface area (Å²) in [4.78, 5) is 40.0. The zero-order valence-corrected chi connectivity index (χ0v) is 17.5. The molecular formula is C24H24N2O5. The van der Waals surface area contributed by atoms with Crippen molar-refractivity contribution in [1.29, 1.82) is 0 Å². The SMILES string of the molecule is COc1ccc(NC(=O)c2ccc(N3C(=O)[C@@H]4[C@H]5CC[C@@H](C5)[C@@H]4C3=O)cc2)c(OC)c1. The molecule has 0 spiro atoms. The summed E-state index contributed by atoms with van der Waals surface area (Å²) in [5.41, 5.74) is 1.47. The number of amides is 3. The van der Waals surface area contributed by atoms with Gasteiger partial charge < -0.3 is 14.8 Å². The van der Waals surface area contributed by atoms with Crippen LogP contribution >= 0.6 is 0 Å². The number of carbonyl (C=O) groups is 3. The third kappa shape index (κ3) is 3.07. The molecule has 160 valence electrons. The van der Waals surface area contributed by atoms with Crippen LogP contribution in [0, 0.1) is 23.7 Å². The summed E-state index contributed by atoms with van der Waals surface area (Å²) in [6, 6.07) is 11.7. The minimum Gasteiger partial charge on any atom is -0.497 e. The Labute approximate surface area is 180 Å². The van der Waals surface area contributed by atoms with Crippen LogP contribution in [0.2, 0.25) is 0 Å². The van der Waals surface area contributed by atoms with Crippen molar-refractivity contribution in [1.82, 2.24) is 0 Å². The minimum atomic E-state index is -0.316. The number of carbonyl (C=O) groups excluding carboxylic acids is 3. The maximum absolute atomic E-state index is 13.0. The Hall–Kier alpha value is -3.35. The summed E-state index contributed by atoms with van der Waals surface area (Å²) < 4.78 is 10.5. The van der Waals surface area contributed by atoms with Gasteiger partial charge in [0.2, 0.25) is 11.8 Å². The monoisotopic (exact) mass is 420 g/mol. The van der Waals surface area contributed by atoms with Crippen LogP contribution in [0.15, 0.2) is 42.5 Å². The van der Waals surface area contributed by atoms with E-state index < -0.39 is 0 Å². The maximum Gasteiger partial charge on any atom is 0.255 e. The number of ether oxygens (including phenoxy) is 2. The Morgan fingerprint density at radius 1 is 0.935 bits per heavy atom. The van der Waals surface area contributed by atoms with Gasteiger partial charge in [0, 0.05) is 11.6 Å². The second kappa shape index (κ2) is 7.41. The van der Waals surface area contributed by atoms with E-state index in [0.717, 1.165) is 19.3 Å². The van der Waals surface area contributed by atoms with Gasteiger partial charge in [-0.2, -0.15) is 0 Å². The molecule has 0 aromatic heterocycles. The average Bonchev–Trinajstić information content (AvgIpc) is 3.48. The van der Waals surface area contributed by atoms with E-state index in [1.165, 1.54) is 12.0 Å². The van der Waals surface area contributed by atoms with Crippen molar-refractivity contribution in [3.63, 3.8) is 0 Å². The van der Waals surface area contributed by atoms with E-state index in [1.54, 1.807) is 49.6 Å². The first-order valence-electron chi connectivity index (χ1n) is 10.5. The van der Waals surface area contributed by atoms with E-state index in [4.69, 9.17) is 9.47 Å². The lowest BCUT2D eigenvalue weighted by molar-refractivity contribution is -0.123. The van der Waals surface area contributed by atoms with Crippen molar-refractivity contribution in [2.45, 2.75) is 19.3 Å². The van der Waals surface area contributed by atoms with Gasteiger partial charge in [0.05, 0.1) is 37.4 Å². The van der Waals surface area contributed by atoms with Crippen molar-refractivity contribution in [2.24, 2.45) is 23.7 Å². The van der Waals surface area contributed by atoms with Crippen LogP contribution in [0.3, 0.4) is 0 Å². The van der Waals surface area contributed by atoms with Gasteiger partial charge in [-0.1, -0.05) is 0 Å². The molecule has 31 heavy (non-hydrogen) atoms. The molecule has 1 N–H and O–H groups in total. The highest BCUT2D eigenvalue weighted by molar-refractivity contribution is 6.22. The quantitative estimate of drug-likeness (QED) is 0.749. The zero-order valence-electron chi connectivity index (χ0n) is 17.5. The number of fused-ring (bicyclic) bond motifs is 5. The third-order valence-corrected chi connectivity index (χ3v) is 6.97. The number of imide groups is 1. The molecule has 0 unspecified atom stereocenters. The highest BCUT2D eigenvalue weighted by Crippen LogP contribution is 2.56. The van der Waals surface area contributed by atoms with Crippen molar-refractivity contribution in [3.8, 4) is 11.5 Å². The van der Waals surface area contributed by atoms with E-state index in [2.05, 4.69) is 5.32 Å². The lowest BCUT2D eigenvalue weighted by atomic mass is 9.81. The topological polar surface area (TPSA) is 84.9 Å². The molecule has 2 aromatic carbocycles. The largest absolute Gasteiger partial charge is 0.497 e. The highest BCUT2D eigenvalue weighted by atomic mass is 16.5. The number of nitrogens with one attached hydrogen (secondary N) is 1. The van der Waals surface area contributed by atoms with Gasteiger partial charge in [0.15, 0.2) is 0 Å². The van der Waals surface area contributed by atoms with Gasteiger partial charge in [-0.25, -0.2) is 0 Å². The molecule has 2 aliphatic carbocycles. The molecule has 1 saturated heterocycles. The van der Waals surface area contributed by atoms with Gasteiger partial charge in [0.1, 0.15) is 11.5 Å². The average molecular weight is 420 g/mol. The Morgan fingerprint density at radius 2 is 1.58 bits per heavy atom. The van der Waals surface area contributed by atoms with Crippen LogP contribution in [0.25, 0.3) is 0 Å². The van der Waals surface area contributed by atoms with Crippen molar-refractivity contribution < 1.29 is 23.9 Å². The number of rotatable bonds is 5. The van der Waals surface area contributed by atoms with Crippen LogP contribution in [0.5, 0.6) is 11.5 Å². The fraction of sp³-hybridized carbons (Fsp3) is 0.375. The number of nitrogens with zero attached hydrogens (tertiary/aromatic N) is 1. The summed E-state index contributed by atoms with van der Waals surface area (Å²) in [6.45, 7) is 0. The standard InChI is InChI=1S/C24H24N2O5/c1-30-17-9-10-18(19(12-17)31-2)25-22(27)13-5-7-16(8-6-13)26-23(28)20-14-3-4-15(11-14)21(20)24(26)29/h5-10,12,14-15,20-21H,3-4,11H2,1-2H3,(H,25,27)/t14-,15-,20-,21+/m0/s1. The molecular weight excluding hydrogens is 396 g/mol. The van der Waals surface area contributed by atoms with Crippen LogP contribution in [0.4, 0.5) is 11.4 Å². The molecule has 3 fully saturated rings. The first-order chi connectivity index (χ1) is 15.0. The lowest BCUT2D eigenvalue weighted by Gasteiger charge is -2.19. The summed E-state index contributed by atoms with van der Waals surface area (Å²) >= 11 is 0. The molecule has 2 bridgehead atoms. The van der Waals surface area contributed by atoms with E-state index in [9.17, 15) is 14.4 Å². The molecule has 3 amide bonds. The second-order valence-corrected chi connectivity index (χ2v) is 8.46. The predicted molar refractivity (Wildman–Crippen MR) is 114 cm³/mol. The van der Waals surface area contributed by atoms with E-state index in [0.29, 0.717) is 40.3 Å².